The van der Waals surface area contributed by atoms with Crippen molar-refractivity contribution in [2.24, 2.45) is 5.84 Å². The minimum absolute atomic E-state index is 0.102. The van der Waals surface area contributed by atoms with Crippen molar-refractivity contribution in [2.75, 3.05) is 14.2 Å². The summed E-state index contributed by atoms with van der Waals surface area (Å²) in [7, 11) is 3.60. The summed E-state index contributed by atoms with van der Waals surface area (Å²) in [5.74, 6) is 5.82. The van der Waals surface area contributed by atoms with Gasteiger partial charge in [-0.05, 0) is 39.5 Å². The first-order valence-electron chi connectivity index (χ1n) is 7.56. The molecule has 4 heteroatoms. The number of methoxy groups -OCH3 is 2. The van der Waals surface area contributed by atoms with E-state index in [1.165, 1.54) is 25.7 Å². The van der Waals surface area contributed by atoms with Gasteiger partial charge in [0.2, 0.25) is 0 Å². The Morgan fingerprint density at radius 1 is 1.16 bits per heavy atom. The summed E-state index contributed by atoms with van der Waals surface area (Å²) in [6, 6.07) is 0.199. The van der Waals surface area contributed by atoms with E-state index in [-0.39, 0.29) is 17.2 Å². The molecule has 1 aliphatic carbocycles. The van der Waals surface area contributed by atoms with Crippen LogP contribution in [0.5, 0.6) is 0 Å². The highest BCUT2D eigenvalue weighted by Gasteiger charge is 2.39. The predicted molar refractivity (Wildman–Crippen MR) is 78.9 cm³/mol. The van der Waals surface area contributed by atoms with E-state index in [4.69, 9.17) is 15.3 Å². The maximum absolute atomic E-state index is 5.93. The van der Waals surface area contributed by atoms with Gasteiger partial charge in [0.25, 0.3) is 0 Å². The van der Waals surface area contributed by atoms with E-state index < -0.39 is 0 Å². The minimum atomic E-state index is -0.102. The summed E-state index contributed by atoms with van der Waals surface area (Å²) in [5.41, 5.74) is 2.80. The van der Waals surface area contributed by atoms with Crippen LogP contribution in [-0.4, -0.2) is 31.5 Å². The zero-order valence-corrected chi connectivity index (χ0v) is 13.1. The van der Waals surface area contributed by atoms with Crippen LogP contribution in [0.4, 0.5) is 0 Å². The van der Waals surface area contributed by atoms with Crippen molar-refractivity contribution < 1.29 is 9.47 Å². The molecule has 3 N–H and O–H groups in total. The number of ether oxygens (including phenoxy) is 2. The Kier molecular flexibility index (Phi) is 6.74. The normalized spacial score (nSPS) is 21.9. The minimum Gasteiger partial charge on any atom is -0.379 e. The van der Waals surface area contributed by atoms with Crippen molar-refractivity contribution in [1.29, 1.82) is 0 Å². The average Bonchev–Trinajstić information content (AvgIpc) is 2.66. The van der Waals surface area contributed by atoms with E-state index in [2.05, 4.69) is 19.3 Å². The summed E-state index contributed by atoms with van der Waals surface area (Å²) in [6.07, 6.45) is 9.25. The molecule has 1 saturated carbocycles. The number of hydrogen-bond donors (Lipinski definition) is 2. The van der Waals surface area contributed by atoms with Gasteiger partial charge >= 0.3 is 0 Å². The quantitative estimate of drug-likeness (QED) is 0.425. The zero-order valence-electron chi connectivity index (χ0n) is 13.1. The van der Waals surface area contributed by atoms with Crippen molar-refractivity contribution in [2.45, 2.75) is 82.5 Å². The van der Waals surface area contributed by atoms with E-state index >= 15 is 0 Å². The molecular weight excluding hydrogens is 240 g/mol. The van der Waals surface area contributed by atoms with Crippen LogP contribution >= 0.6 is 0 Å². The van der Waals surface area contributed by atoms with Gasteiger partial charge in [0, 0.05) is 14.2 Å². The fourth-order valence-electron chi connectivity index (χ4n) is 3.11. The van der Waals surface area contributed by atoms with Crippen LogP contribution < -0.4 is 11.3 Å². The van der Waals surface area contributed by atoms with Crippen LogP contribution in [0.1, 0.15) is 65.2 Å². The Labute approximate surface area is 118 Å². The Morgan fingerprint density at radius 3 is 2.16 bits per heavy atom. The standard InChI is InChI=1S/C15H32N2O2/c1-14(2,18-3)12-9-13(17-16)15(19-4)10-7-5-6-8-11-15/h13,17H,5-12,16H2,1-4H3. The summed E-state index contributed by atoms with van der Waals surface area (Å²) in [5, 5.41) is 0. The monoisotopic (exact) mass is 272 g/mol. The molecule has 19 heavy (non-hydrogen) atoms. The first-order valence-corrected chi connectivity index (χ1v) is 7.56. The second-order valence-corrected chi connectivity index (χ2v) is 6.40. The van der Waals surface area contributed by atoms with Crippen molar-refractivity contribution in [3.8, 4) is 0 Å². The Morgan fingerprint density at radius 2 is 1.74 bits per heavy atom. The highest BCUT2D eigenvalue weighted by Crippen LogP contribution is 2.35. The lowest BCUT2D eigenvalue weighted by Gasteiger charge is -2.40. The SMILES string of the molecule is COC(C)(C)CCC(NN)C1(OC)CCCCCC1. The molecule has 1 fully saturated rings. The largest absolute Gasteiger partial charge is 0.379 e. The lowest BCUT2D eigenvalue weighted by Crippen LogP contribution is -2.54. The lowest BCUT2D eigenvalue weighted by atomic mass is 9.82. The van der Waals surface area contributed by atoms with E-state index in [1.807, 2.05) is 7.11 Å². The van der Waals surface area contributed by atoms with Crippen LogP contribution in [0.15, 0.2) is 0 Å². The highest BCUT2D eigenvalue weighted by atomic mass is 16.5. The van der Waals surface area contributed by atoms with Crippen LogP contribution in [0, 0.1) is 0 Å². The van der Waals surface area contributed by atoms with E-state index in [0.29, 0.717) is 0 Å². The molecule has 0 heterocycles. The third-order valence-corrected chi connectivity index (χ3v) is 4.78. The molecule has 1 atom stereocenters. The molecule has 0 aromatic rings. The van der Waals surface area contributed by atoms with Crippen LogP contribution in [-0.2, 0) is 9.47 Å². The molecule has 1 aliphatic rings. The molecule has 4 nitrogen and oxygen atoms in total. The van der Waals surface area contributed by atoms with Gasteiger partial charge in [-0.15, -0.1) is 0 Å². The molecule has 1 rings (SSSR count). The average molecular weight is 272 g/mol. The zero-order chi connectivity index (χ0) is 14.4. The van der Waals surface area contributed by atoms with Crippen LogP contribution in [0.3, 0.4) is 0 Å². The molecule has 0 aliphatic heterocycles. The Hall–Kier alpha value is -0.160. The molecule has 0 aromatic carbocycles. The van der Waals surface area contributed by atoms with Gasteiger partial charge in [0.15, 0.2) is 0 Å². The maximum atomic E-state index is 5.93. The van der Waals surface area contributed by atoms with Crippen LogP contribution in [0.2, 0.25) is 0 Å². The number of nitrogens with one attached hydrogen (secondary N) is 1. The molecule has 0 saturated heterocycles. The number of rotatable bonds is 7. The van der Waals surface area contributed by atoms with Gasteiger partial charge in [-0.3, -0.25) is 11.3 Å². The van der Waals surface area contributed by atoms with Gasteiger partial charge in [-0.25, -0.2) is 0 Å². The highest BCUT2D eigenvalue weighted by molar-refractivity contribution is 4.94. The first-order chi connectivity index (χ1) is 8.99. The van der Waals surface area contributed by atoms with Crippen LogP contribution in [0.25, 0.3) is 0 Å². The smallest absolute Gasteiger partial charge is 0.0844 e. The second kappa shape index (κ2) is 7.58. The third-order valence-electron chi connectivity index (χ3n) is 4.78. The van der Waals surface area contributed by atoms with Gasteiger partial charge < -0.3 is 9.47 Å². The maximum Gasteiger partial charge on any atom is 0.0844 e. The molecule has 1 unspecified atom stereocenters. The summed E-state index contributed by atoms with van der Waals surface area (Å²) in [4.78, 5) is 0. The Balaban J connectivity index is 2.68. The predicted octanol–water partition coefficient (Wildman–Crippen LogP) is 2.76. The van der Waals surface area contributed by atoms with Gasteiger partial charge in [0.05, 0.1) is 17.2 Å². The van der Waals surface area contributed by atoms with Gasteiger partial charge in [-0.2, -0.15) is 0 Å². The molecule has 114 valence electrons. The Bertz CT molecular complexity index is 249. The van der Waals surface area contributed by atoms with E-state index in [9.17, 15) is 0 Å². The lowest BCUT2D eigenvalue weighted by molar-refractivity contribution is -0.0629. The van der Waals surface area contributed by atoms with Crippen molar-refractivity contribution in [3.05, 3.63) is 0 Å². The van der Waals surface area contributed by atoms with Gasteiger partial charge in [0.1, 0.15) is 0 Å². The van der Waals surface area contributed by atoms with Crippen molar-refractivity contribution in [3.63, 3.8) is 0 Å². The molecule has 0 aromatic heterocycles. The molecule has 0 spiro atoms. The summed E-state index contributed by atoms with van der Waals surface area (Å²) >= 11 is 0. The summed E-state index contributed by atoms with van der Waals surface area (Å²) < 4.78 is 11.4. The molecule has 0 radical (unpaired) electrons. The molecule has 0 amide bonds. The number of hydrogen-bond acceptors (Lipinski definition) is 4. The van der Waals surface area contributed by atoms with Gasteiger partial charge in [-0.1, -0.05) is 25.7 Å². The number of hydrazine groups is 1. The topological polar surface area (TPSA) is 56.5 Å². The summed E-state index contributed by atoms with van der Waals surface area (Å²) in [6.45, 7) is 4.24. The van der Waals surface area contributed by atoms with Crippen molar-refractivity contribution >= 4 is 0 Å². The fraction of sp³-hybridized carbons (Fsp3) is 1.00. The molecular formula is C15H32N2O2. The third kappa shape index (κ3) is 4.71. The fourth-order valence-corrected chi connectivity index (χ4v) is 3.11. The first kappa shape index (κ1) is 16.9. The number of nitrogens with two attached hydrogens (primary N) is 1. The van der Waals surface area contributed by atoms with E-state index in [1.54, 1.807) is 7.11 Å². The van der Waals surface area contributed by atoms with E-state index in [0.717, 1.165) is 25.7 Å². The van der Waals surface area contributed by atoms with Crippen molar-refractivity contribution in [1.82, 2.24) is 5.43 Å². The molecule has 0 bridgehead atoms. The second-order valence-electron chi connectivity index (χ2n) is 6.40.